The summed E-state index contributed by atoms with van der Waals surface area (Å²) in [5.41, 5.74) is 1.84. The predicted octanol–water partition coefficient (Wildman–Crippen LogP) is 3.15. The van der Waals surface area contributed by atoms with E-state index in [0.29, 0.717) is 0 Å². The Kier molecular flexibility index (Phi) is 4.58. The van der Waals surface area contributed by atoms with Crippen molar-refractivity contribution in [3.63, 3.8) is 0 Å². The number of hydrogen-bond donors (Lipinski definition) is 1. The molecule has 0 saturated heterocycles. The van der Waals surface area contributed by atoms with E-state index in [1.807, 2.05) is 37.4 Å². The lowest BCUT2D eigenvalue weighted by Crippen LogP contribution is -2.17. The van der Waals surface area contributed by atoms with Gasteiger partial charge in [-0.3, -0.25) is 0 Å². The highest BCUT2D eigenvalue weighted by molar-refractivity contribution is 5.39. The lowest BCUT2D eigenvalue weighted by Gasteiger charge is -2.18. The molecule has 0 aliphatic heterocycles. The first kappa shape index (κ1) is 14.3. The van der Waals surface area contributed by atoms with Gasteiger partial charge in [0.2, 0.25) is 0 Å². The van der Waals surface area contributed by atoms with Crippen LogP contribution in [-0.4, -0.2) is 21.3 Å². The zero-order valence-electron chi connectivity index (χ0n) is 11.8. The van der Waals surface area contributed by atoms with Crippen LogP contribution in [0.15, 0.2) is 42.5 Å². The minimum absolute atomic E-state index is 0.106. The maximum atomic E-state index is 13.8. The van der Waals surface area contributed by atoms with Gasteiger partial charge in [-0.1, -0.05) is 18.2 Å². The molecule has 2 aromatic rings. The van der Waals surface area contributed by atoms with Crippen molar-refractivity contribution in [2.75, 3.05) is 21.3 Å². The summed E-state index contributed by atoms with van der Waals surface area (Å²) in [7, 11) is 4.92. The van der Waals surface area contributed by atoms with Gasteiger partial charge >= 0.3 is 0 Å². The number of rotatable bonds is 5. The minimum Gasteiger partial charge on any atom is -0.497 e. The molecule has 1 N–H and O–H groups in total. The quantitative estimate of drug-likeness (QED) is 0.909. The largest absolute Gasteiger partial charge is 0.497 e. The van der Waals surface area contributed by atoms with E-state index in [4.69, 9.17) is 9.47 Å². The van der Waals surface area contributed by atoms with Crippen LogP contribution in [0.5, 0.6) is 11.5 Å². The second kappa shape index (κ2) is 6.39. The summed E-state index contributed by atoms with van der Waals surface area (Å²) in [4.78, 5) is 0. The number of halogens is 1. The van der Waals surface area contributed by atoms with Crippen molar-refractivity contribution in [2.45, 2.75) is 6.04 Å². The molecule has 0 heterocycles. The van der Waals surface area contributed by atoms with Crippen molar-refractivity contribution in [3.8, 4) is 11.5 Å². The molecule has 0 saturated carbocycles. The standard InChI is InChI=1S/C16H18FNO2/c1-18-16(11-5-4-6-13(9-11)19-2)12-7-8-15(20-3)14(17)10-12/h4-10,16,18H,1-3H3. The van der Waals surface area contributed by atoms with Crippen LogP contribution in [0, 0.1) is 5.82 Å². The van der Waals surface area contributed by atoms with Crippen molar-refractivity contribution in [1.82, 2.24) is 5.32 Å². The summed E-state index contributed by atoms with van der Waals surface area (Å²) in [6, 6.07) is 12.6. The summed E-state index contributed by atoms with van der Waals surface area (Å²) < 4.78 is 24.0. The van der Waals surface area contributed by atoms with Crippen molar-refractivity contribution >= 4 is 0 Å². The van der Waals surface area contributed by atoms with Crippen LogP contribution in [0.3, 0.4) is 0 Å². The van der Waals surface area contributed by atoms with Gasteiger partial charge in [-0.05, 0) is 42.4 Å². The molecule has 0 bridgehead atoms. The molecule has 20 heavy (non-hydrogen) atoms. The Bertz CT molecular complexity index is 586. The van der Waals surface area contributed by atoms with Gasteiger partial charge in [-0.15, -0.1) is 0 Å². The highest BCUT2D eigenvalue weighted by atomic mass is 19.1. The van der Waals surface area contributed by atoms with Gasteiger partial charge in [-0.2, -0.15) is 0 Å². The molecule has 0 aromatic heterocycles. The topological polar surface area (TPSA) is 30.5 Å². The van der Waals surface area contributed by atoms with Gasteiger partial charge in [0.1, 0.15) is 5.75 Å². The van der Waals surface area contributed by atoms with Gasteiger partial charge in [-0.25, -0.2) is 4.39 Å². The van der Waals surface area contributed by atoms with Gasteiger partial charge < -0.3 is 14.8 Å². The third kappa shape index (κ3) is 2.91. The molecule has 0 fully saturated rings. The molecular weight excluding hydrogens is 257 g/mol. The molecule has 2 rings (SSSR count). The zero-order chi connectivity index (χ0) is 14.5. The summed E-state index contributed by atoms with van der Waals surface area (Å²) in [6.07, 6.45) is 0. The van der Waals surface area contributed by atoms with Crippen LogP contribution in [0.25, 0.3) is 0 Å². The van der Waals surface area contributed by atoms with Gasteiger partial charge in [0.05, 0.1) is 20.3 Å². The van der Waals surface area contributed by atoms with Gasteiger partial charge in [0.25, 0.3) is 0 Å². The van der Waals surface area contributed by atoms with Crippen molar-refractivity contribution in [2.24, 2.45) is 0 Å². The molecule has 0 radical (unpaired) electrons. The Hall–Kier alpha value is -2.07. The number of hydrogen-bond acceptors (Lipinski definition) is 3. The fraction of sp³-hybridized carbons (Fsp3) is 0.250. The summed E-state index contributed by atoms with van der Waals surface area (Å²) >= 11 is 0. The third-order valence-corrected chi connectivity index (χ3v) is 3.22. The van der Waals surface area contributed by atoms with Crippen molar-refractivity contribution in [3.05, 3.63) is 59.4 Å². The summed E-state index contributed by atoms with van der Waals surface area (Å²) in [6.45, 7) is 0. The number of methoxy groups -OCH3 is 2. The maximum Gasteiger partial charge on any atom is 0.165 e. The van der Waals surface area contributed by atoms with E-state index in [0.717, 1.165) is 16.9 Å². The minimum atomic E-state index is -0.367. The molecule has 1 unspecified atom stereocenters. The van der Waals surface area contributed by atoms with Gasteiger partial charge in [0.15, 0.2) is 11.6 Å². The Morgan fingerprint density at radius 3 is 2.35 bits per heavy atom. The van der Waals surface area contributed by atoms with Gasteiger partial charge in [0, 0.05) is 0 Å². The highest BCUT2D eigenvalue weighted by Gasteiger charge is 2.15. The lowest BCUT2D eigenvalue weighted by molar-refractivity contribution is 0.386. The number of ether oxygens (including phenoxy) is 2. The second-order valence-corrected chi connectivity index (χ2v) is 4.39. The molecule has 0 amide bonds. The molecule has 0 spiro atoms. The molecular formula is C16H18FNO2. The lowest BCUT2D eigenvalue weighted by atomic mass is 9.98. The molecule has 106 valence electrons. The monoisotopic (exact) mass is 275 g/mol. The van der Waals surface area contributed by atoms with E-state index in [1.165, 1.54) is 13.2 Å². The molecule has 0 aliphatic carbocycles. The van der Waals surface area contributed by atoms with Crippen molar-refractivity contribution < 1.29 is 13.9 Å². The summed E-state index contributed by atoms with van der Waals surface area (Å²) in [5, 5.41) is 3.19. The van der Waals surface area contributed by atoms with Crippen LogP contribution < -0.4 is 14.8 Å². The van der Waals surface area contributed by atoms with E-state index in [1.54, 1.807) is 13.2 Å². The Balaban J connectivity index is 2.38. The van der Waals surface area contributed by atoms with Crippen LogP contribution in [-0.2, 0) is 0 Å². The first-order valence-electron chi connectivity index (χ1n) is 6.34. The molecule has 4 heteroatoms. The molecule has 1 atom stereocenters. The Morgan fingerprint density at radius 2 is 1.75 bits per heavy atom. The third-order valence-electron chi connectivity index (χ3n) is 3.22. The SMILES string of the molecule is CNC(c1cccc(OC)c1)c1ccc(OC)c(F)c1. The molecule has 2 aromatic carbocycles. The van der Waals surface area contributed by atoms with E-state index in [9.17, 15) is 4.39 Å². The highest BCUT2D eigenvalue weighted by Crippen LogP contribution is 2.27. The first-order chi connectivity index (χ1) is 9.69. The van der Waals surface area contributed by atoms with E-state index in [2.05, 4.69) is 5.32 Å². The smallest absolute Gasteiger partial charge is 0.165 e. The second-order valence-electron chi connectivity index (χ2n) is 4.39. The maximum absolute atomic E-state index is 13.8. The predicted molar refractivity (Wildman–Crippen MR) is 76.8 cm³/mol. The molecule has 0 aliphatic rings. The average molecular weight is 275 g/mol. The van der Waals surface area contributed by atoms with E-state index >= 15 is 0 Å². The van der Waals surface area contributed by atoms with Crippen LogP contribution in [0.4, 0.5) is 4.39 Å². The fourth-order valence-electron chi connectivity index (χ4n) is 2.21. The normalized spacial score (nSPS) is 12.0. The fourth-order valence-corrected chi connectivity index (χ4v) is 2.21. The van der Waals surface area contributed by atoms with Crippen LogP contribution in [0.1, 0.15) is 17.2 Å². The Morgan fingerprint density at radius 1 is 1.00 bits per heavy atom. The first-order valence-corrected chi connectivity index (χ1v) is 6.34. The van der Waals surface area contributed by atoms with Crippen molar-refractivity contribution in [1.29, 1.82) is 0 Å². The van der Waals surface area contributed by atoms with E-state index in [-0.39, 0.29) is 17.6 Å². The number of benzene rings is 2. The van der Waals surface area contributed by atoms with E-state index < -0.39 is 0 Å². The Labute approximate surface area is 118 Å². The zero-order valence-corrected chi connectivity index (χ0v) is 11.8. The van der Waals surface area contributed by atoms with Crippen LogP contribution in [0.2, 0.25) is 0 Å². The number of nitrogens with one attached hydrogen (secondary N) is 1. The molecule has 3 nitrogen and oxygen atoms in total. The van der Waals surface area contributed by atoms with Crippen LogP contribution >= 0.6 is 0 Å². The average Bonchev–Trinajstić information content (AvgIpc) is 2.48. The summed E-state index contributed by atoms with van der Waals surface area (Å²) in [5.74, 6) is 0.652.